The number of alkyl halides is 2. The van der Waals surface area contributed by atoms with Crippen LogP contribution in [0.1, 0.15) is 15.9 Å². The normalized spacial score (nSPS) is 11.0. The highest BCUT2D eigenvalue weighted by Crippen LogP contribution is 2.33. The van der Waals surface area contributed by atoms with Gasteiger partial charge in [-0.05, 0) is 30.4 Å². The molecule has 3 nitrogen and oxygen atoms in total. The van der Waals surface area contributed by atoms with Gasteiger partial charge in [0.15, 0.2) is 17.3 Å². The minimum Gasteiger partial charge on any atom is -0.493 e. The number of allylic oxidation sites excluding steroid dienone is 1. The van der Waals surface area contributed by atoms with E-state index in [2.05, 4.69) is 20.7 Å². The van der Waals surface area contributed by atoms with Crippen LogP contribution in [0.15, 0.2) is 53.0 Å². The van der Waals surface area contributed by atoms with Crippen molar-refractivity contribution in [1.82, 2.24) is 0 Å². The number of para-hydroxylation sites is 1. The van der Waals surface area contributed by atoms with Crippen molar-refractivity contribution in [1.29, 1.82) is 0 Å². The number of carbonyl (C=O) groups is 1. The Morgan fingerprint density at radius 2 is 1.96 bits per heavy atom. The van der Waals surface area contributed by atoms with Gasteiger partial charge in [0.1, 0.15) is 0 Å². The molecule has 0 aliphatic carbocycles. The number of ketones is 1. The first-order valence-corrected chi connectivity index (χ1v) is 7.40. The van der Waals surface area contributed by atoms with Crippen LogP contribution in [0, 0.1) is 0 Å². The molecule has 0 fully saturated rings. The van der Waals surface area contributed by atoms with E-state index in [0.717, 1.165) is 4.47 Å². The second-order valence-electron chi connectivity index (χ2n) is 4.47. The molecular formula is C17H13BrF2O3. The lowest BCUT2D eigenvalue weighted by molar-refractivity contribution is -0.0513. The fraction of sp³-hybridized carbons (Fsp3) is 0.118. The zero-order valence-electron chi connectivity index (χ0n) is 12.1. The number of hydrogen-bond donors (Lipinski definition) is 0. The Balaban J connectivity index is 2.30. The highest BCUT2D eigenvalue weighted by atomic mass is 79.9. The average molecular weight is 383 g/mol. The van der Waals surface area contributed by atoms with Crippen molar-refractivity contribution < 1.29 is 23.0 Å². The van der Waals surface area contributed by atoms with Crippen LogP contribution in [0.4, 0.5) is 8.78 Å². The van der Waals surface area contributed by atoms with Gasteiger partial charge in [-0.15, -0.1) is 0 Å². The lowest BCUT2D eigenvalue weighted by Crippen LogP contribution is -2.05. The molecule has 0 aliphatic rings. The van der Waals surface area contributed by atoms with Gasteiger partial charge in [-0.3, -0.25) is 4.79 Å². The van der Waals surface area contributed by atoms with Crippen molar-refractivity contribution in [2.45, 2.75) is 6.61 Å². The Hall–Kier alpha value is -2.21. The summed E-state index contributed by atoms with van der Waals surface area (Å²) in [6.45, 7) is -2.99. The average Bonchev–Trinajstić information content (AvgIpc) is 2.53. The molecule has 0 aliphatic heterocycles. The fourth-order valence-electron chi connectivity index (χ4n) is 1.94. The van der Waals surface area contributed by atoms with E-state index in [-0.39, 0.29) is 17.3 Å². The van der Waals surface area contributed by atoms with Crippen LogP contribution in [0.5, 0.6) is 11.5 Å². The van der Waals surface area contributed by atoms with Crippen LogP contribution >= 0.6 is 15.9 Å². The minimum absolute atomic E-state index is 0.108. The smallest absolute Gasteiger partial charge is 0.387 e. The zero-order chi connectivity index (χ0) is 16.8. The number of hydrogen-bond acceptors (Lipinski definition) is 3. The largest absolute Gasteiger partial charge is 0.493 e. The standard InChI is InChI=1S/C17H13BrF2O3/c1-22-15-7-3-4-11(16(15)23-17(19)20)8-9-14(21)12-5-2-6-13(18)10-12/h2-10,17H,1H3/b9-8+. The molecule has 2 aromatic carbocycles. The molecule has 0 atom stereocenters. The summed E-state index contributed by atoms with van der Waals surface area (Å²) >= 11 is 3.29. The molecule has 0 unspecified atom stereocenters. The molecule has 0 heterocycles. The first kappa shape index (κ1) is 17.1. The molecule has 0 saturated heterocycles. The Morgan fingerprint density at radius 1 is 1.22 bits per heavy atom. The van der Waals surface area contributed by atoms with Crippen LogP contribution in [0.25, 0.3) is 6.08 Å². The molecule has 6 heteroatoms. The number of benzene rings is 2. The maximum absolute atomic E-state index is 12.6. The highest BCUT2D eigenvalue weighted by molar-refractivity contribution is 9.10. The predicted octanol–water partition coefficient (Wildman–Crippen LogP) is 4.96. The van der Waals surface area contributed by atoms with Crippen LogP contribution in [-0.4, -0.2) is 19.5 Å². The third-order valence-electron chi connectivity index (χ3n) is 2.96. The van der Waals surface area contributed by atoms with E-state index < -0.39 is 6.61 Å². The van der Waals surface area contributed by atoms with Gasteiger partial charge >= 0.3 is 6.61 Å². The third kappa shape index (κ3) is 4.63. The fourth-order valence-corrected chi connectivity index (χ4v) is 2.34. The van der Waals surface area contributed by atoms with E-state index in [4.69, 9.17) is 4.74 Å². The van der Waals surface area contributed by atoms with E-state index in [0.29, 0.717) is 11.1 Å². The summed E-state index contributed by atoms with van der Waals surface area (Å²) in [4.78, 5) is 12.1. The molecule has 0 amide bonds. The van der Waals surface area contributed by atoms with Gasteiger partial charge in [-0.2, -0.15) is 8.78 Å². The summed E-state index contributed by atoms with van der Waals surface area (Å²) in [5.74, 6) is -0.192. The Morgan fingerprint density at radius 3 is 2.61 bits per heavy atom. The van der Waals surface area contributed by atoms with Crippen LogP contribution in [0.2, 0.25) is 0 Å². The summed E-state index contributed by atoms with van der Waals surface area (Å²) in [6, 6.07) is 11.6. The summed E-state index contributed by atoms with van der Waals surface area (Å²) in [6.07, 6.45) is 2.72. The van der Waals surface area contributed by atoms with Crippen molar-refractivity contribution in [2.75, 3.05) is 7.11 Å². The van der Waals surface area contributed by atoms with E-state index in [1.807, 2.05) is 0 Å². The summed E-state index contributed by atoms with van der Waals surface area (Å²) in [7, 11) is 1.35. The first-order chi connectivity index (χ1) is 11.0. The van der Waals surface area contributed by atoms with Gasteiger partial charge in [-0.1, -0.05) is 40.2 Å². The van der Waals surface area contributed by atoms with Crippen molar-refractivity contribution in [3.63, 3.8) is 0 Å². The van der Waals surface area contributed by atoms with Crippen molar-refractivity contribution in [3.05, 3.63) is 64.1 Å². The van der Waals surface area contributed by atoms with Gasteiger partial charge in [0.25, 0.3) is 0 Å². The molecule has 23 heavy (non-hydrogen) atoms. The lowest BCUT2D eigenvalue weighted by atomic mass is 10.1. The number of carbonyl (C=O) groups excluding carboxylic acids is 1. The van der Waals surface area contributed by atoms with Crippen molar-refractivity contribution in [2.24, 2.45) is 0 Å². The number of halogens is 3. The van der Waals surface area contributed by atoms with Gasteiger partial charge in [0, 0.05) is 15.6 Å². The highest BCUT2D eigenvalue weighted by Gasteiger charge is 2.14. The summed E-state index contributed by atoms with van der Waals surface area (Å²) < 4.78 is 35.4. The minimum atomic E-state index is -2.99. The summed E-state index contributed by atoms with van der Waals surface area (Å²) in [5, 5.41) is 0. The first-order valence-electron chi connectivity index (χ1n) is 6.61. The van der Waals surface area contributed by atoms with E-state index in [1.165, 1.54) is 25.3 Å². The molecular weight excluding hydrogens is 370 g/mol. The molecule has 2 rings (SSSR count). The predicted molar refractivity (Wildman–Crippen MR) is 87.1 cm³/mol. The Kier molecular flexibility index (Phi) is 5.87. The second kappa shape index (κ2) is 7.87. The molecule has 2 aromatic rings. The van der Waals surface area contributed by atoms with Crippen molar-refractivity contribution in [3.8, 4) is 11.5 Å². The molecule has 0 bridgehead atoms. The molecule has 0 radical (unpaired) electrons. The second-order valence-corrected chi connectivity index (χ2v) is 5.38. The van der Waals surface area contributed by atoms with Gasteiger partial charge in [-0.25, -0.2) is 0 Å². The monoisotopic (exact) mass is 382 g/mol. The zero-order valence-corrected chi connectivity index (χ0v) is 13.7. The van der Waals surface area contributed by atoms with E-state index in [9.17, 15) is 13.6 Å². The number of rotatable bonds is 6. The van der Waals surface area contributed by atoms with Gasteiger partial charge in [0.05, 0.1) is 7.11 Å². The molecule has 0 aromatic heterocycles. The van der Waals surface area contributed by atoms with Crippen LogP contribution in [0.3, 0.4) is 0 Å². The SMILES string of the molecule is COc1cccc(/C=C/C(=O)c2cccc(Br)c2)c1OC(F)F. The van der Waals surface area contributed by atoms with E-state index in [1.54, 1.807) is 36.4 Å². The lowest BCUT2D eigenvalue weighted by Gasteiger charge is -2.12. The molecule has 120 valence electrons. The number of methoxy groups -OCH3 is 1. The van der Waals surface area contributed by atoms with Crippen LogP contribution in [-0.2, 0) is 0 Å². The Bertz CT molecular complexity index is 730. The van der Waals surface area contributed by atoms with Crippen molar-refractivity contribution >= 4 is 27.8 Å². The number of ether oxygens (including phenoxy) is 2. The quantitative estimate of drug-likeness (QED) is 0.523. The maximum atomic E-state index is 12.6. The van der Waals surface area contributed by atoms with Crippen LogP contribution < -0.4 is 9.47 Å². The third-order valence-corrected chi connectivity index (χ3v) is 3.45. The van der Waals surface area contributed by atoms with E-state index >= 15 is 0 Å². The molecule has 0 spiro atoms. The molecule has 0 saturated carbocycles. The molecule has 0 N–H and O–H groups in total. The summed E-state index contributed by atoms with van der Waals surface area (Å²) in [5.41, 5.74) is 0.808. The maximum Gasteiger partial charge on any atom is 0.387 e. The topological polar surface area (TPSA) is 35.5 Å². The van der Waals surface area contributed by atoms with Gasteiger partial charge in [0.2, 0.25) is 0 Å². The Labute approximate surface area is 140 Å². The van der Waals surface area contributed by atoms with Gasteiger partial charge < -0.3 is 9.47 Å².